The predicted octanol–water partition coefficient (Wildman–Crippen LogP) is 7.16. The van der Waals surface area contributed by atoms with Crippen molar-refractivity contribution in [1.29, 1.82) is 0 Å². The molecule has 1 aliphatic rings. The first-order chi connectivity index (χ1) is 19.5. The molecule has 4 bridgehead atoms. The summed E-state index contributed by atoms with van der Waals surface area (Å²) in [5.41, 5.74) is -8.51. The number of hydrogen-bond acceptors (Lipinski definition) is 7. The molecule has 2 N–H and O–H groups in total. The van der Waals surface area contributed by atoms with Gasteiger partial charge in [-0.2, -0.15) is 26.3 Å². The van der Waals surface area contributed by atoms with E-state index in [1.54, 1.807) is 35.6 Å². The maximum Gasteiger partial charge on any atom is 0.426 e. The first kappa shape index (κ1) is 30.7. The minimum atomic E-state index is -5.15. The van der Waals surface area contributed by atoms with Gasteiger partial charge in [0.1, 0.15) is 5.69 Å². The van der Waals surface area contributed by atoms with Gasteiger partial charge in [0.05, 0.1) is 17.9 Å². The van der Waals surface area contributed by atoms with Crippen LogP contribution in [0.15, 0.2) is 53.0 Å². The SMILES string of the molecule is CC1(C)C/C=C\CC[C@](OCc2ccccc2)(C(F)(F)F)c2nnc(o2)-c2nc(c(C(F)(F)F)cc2NC(=O)O)C1=O. The Bertz CT molecular complexity index is 1500. The average Bonchev–Trinajstić information content (AvgIpc) is 3.38. The topological polar surface area (TPSA) is 127 Å². The van der Waals surface area contributed by atoms with Crippen molar-refractivity contribution in [1.82, 2.24) is 15.2 Å². The molecule has 1 atom stereocenters. The quantitative estimate of drug-likeness (QED) is 0.239. The smallest absolute Gasteiger partial charge is 0.426 e. The van der Waals surface area contributed by atoms with Crippen LogP contribution in [-0.2, 0) is 23.1 Å². The van der Waals surface area contributed by atoms with Gasteiger partial charge in [0.25, 0.3) is 11.8 Å². The van der Waals surface area contributed by atoms with E-state index in [4.69, 9.17) is 9.15 Å². The normalized spacial score (nSPS) is 20.0. The fourth-order valence-electron chi connectivity index (χ4n) is 4.32. The molecule has 1 amide bonds. The van der Waals surface area contributed by atoms with Gasteiger partial charge in [-0.1, -0.05) is 56.3 Å². The molecule has 224 valence electrons. The van der Waals surface area contributed by atoms with Gasteiger partial charge in [-0.25, -0.2) is 9.78 Å². The zero-order chi connectivity index (χ0) is 30.9. The van der Waals surface area contributed by atoms with Crippen LogP contribution in [0, 0.1) is 5.41 Å². The number of pyridine rings is 1. The van der Waals surface area contributed by atoms with Crippen LogP contribution in [0.25, 0.3) is 11.6 Å². The Balaban J connectivity index is 1.98. The number of allylic oxidation sites excluding steroid dienone is 2. The minimum absolute atomic E-state index is 0.141. The minimum Gasteiger partial charge on any atom is -0.465 e. The van der Waals surface area contributed by atoms with Gasteiger partial charge in [-0.15, -0.1) is 10.2 Å². The molecule has 0 unspecified atom stereocenters. The summed E-state index contributed by atoms with van der Waals surface area (Å²) in [7, 11) is 0. The van der Waals surface area contributed by atoms with Crippen LogP contribution in [-0.4, -0.2) is 38.3 Å². The van der Waals surface area contributed by atoms with Crippen molar-refractivity contribution >= 4 is 17.6 Å². The number of carboxylic acid groups (broad SMARTS) is 1. The standard InChI is InChI=1S/C27H24F6N4O5/c1-24(2)11-7-4-8-12-25(27(31,32)33,41-14-15-9-5-3-6-10-15)22-37-36-21(42-22)19-17(34-23(39)40)13-16(26(28,29)30)18(35-19)20(24)38/h3-7,9-10,13,34H,8,11-12,14H2,1-2H3,(H,39,40)/b7-4-/t25-/m1/s1. The number of Topliss-reactive ketones (excluding diaryl/α,β-unsaturated/α-hetero) is 1. The average molecular weight is 599 g/mol. The third kappa shape index (κ3) is 6.15. The van der Waals surface area contributed by atoms with Crippen molar-refractivity contribution < 1.29 is 50.2 Å². The van der Waals surface area contributed by atoms with Crippen molar-refractivity contribution in [2.75, 3.05) is 5.32 Å². The number of ether oxygens (including phenoxy) is 1. The van der Waals surface area contributed by atoms with E-state index in [0.29, 0.717) is 11.6 Å². The lowest BCUT2D eigenvalue weighted by molar-refractivity contribution is -0.299. The maximum atomic E-state index is 14.8. The van der Waals surface area contributed by atoms with Gasteiger partial charge in [-0.05, 0) is 30.9 Å². The van der Waals surface area contributed by atoms with E-state index in [0.717, 1.165) is 0 Å². The summed E-state index contributed by atoms with van der Waals surface area (Å²) in [6.07, 6.45) is -10.5. The molecule has 0 aliphatic carbocycles. The van der Waals surface area contributed by atoms with E-state index >= 15 is 0 Å². The van der Waals surface area contributed by atoms with E-state index in [1.807, 2.05) is 0 Å². The number of nitrogens with one attached hydrogen (secondary N) is 1. The Hall–Kier alpha value is -4.27. The van der Waals surface area contributed by atoms with Crippen LogP contribution in [0.1, 0.15) is 60.6 Å². The van der Waals surface area contributed by atoms with Crippen LogP contribution in [0.3, 0.4) is 0 Å². The highest BCUT2D eigenvalue weighted by Gasteiger charge is 2.61. The summed E-state index contributed by atoms with van der Waals surface area (Å²) in [4.78, 5) is 28.5. The molecule has 9 nitrogen and oxygen atoms in total. The molecule has 0 spiro atoms. The van der Waals surface area contributed by atoms with Gasteiger partial charge >= 0.3 is 18.4 Å². The first-order valence-corrected chi connectivity index (χ1v) is 12.5. The zero-order valence-electron chi connectivity index (χ0n) is 22.1. The van der Waals surface area contributed by atoms with Crippen LogP contribution >= 0.6 is 0 Å². The summed E-state index contributed by atoms with van der Waals surface area (Å²) in [5, 5.41) is 18.0. The molecule has 1 aromatic carbocycles. The van der Waals surface area contributed by atoms with E-state index in [1.165, 1.54) is 26.0 Å². The summed E-state index contributed by atoms with van der Waals surface area (Å²) in [6, 6.07) is 8.28. The molecule has 0 saturated heterocycles. The van der Waals surface area contributed by atoms with E-state index in [2.05, 4.69) is 15.2 Å². The van der Waals surface area contributed by atoms with Gasteiger partial charge in [-0.3, -0.25) is 10.1 Å². The first-order valence-electron chi connectivity index (χ1n) is 12.5. The van der Waals surface area contributed by atoms with E-state index < -0.39 is 82.7 Å². The molecule has 15 heteroatoms. The molecule has 0 fully saturated rings. The number of carbonyl (C=O) groups excluding carboxylic acids is 1. The second-order valence-electron chi connectivity index (χ2n) is 10.1. The molecular weight excluding hydrogens is 574 g/mol. The molecular formula is C27H24F6N4O5. The lowest BCUT2D eigenvalue weighted by Crippen LogP contribution is -2.45. The van der Waals surface area contributed by atoms with Crippen molar-refractivity contribution in [3.05, 3.63) is 71.3 Å². The van der Waals surface area contributed by atoms with Gasteiger partial charge in [0.2, 0.25) is 5.60 Å². The highest BCUT2D eigenvalue weighted by atomic mass is 19.4. The number of amides is 1. The number of anilines is 1. The van der Waals surface area contributed by atoms with Gasteiger partial charge in [0.15, 0.2) is 11.5 Å². The highest BCUT2D eigenvalue weighted by molar-refractivity contribution is 6.01. The second kappa shape index (κ2) is 11.2. The van der Waals surface area contributed by atoms with Crippen LogP contribution in [0.2, 0.25) is 0 Å². The lowest BCUT2D eigenvalue weighted by atomic mass is 9.81. The predicted molar refractivity (Wildman–Crippen MR) is 134 cm³/mol. The zero-order valence-corrected chi connectivity index (χ0v) is 22.1. The summed E-state index contributed by atoms with van der Waals surface area (Å²) >= 11 is 0. The number of ketones is 1. The molecule has 2 aromatic heterocycles. The second-order valence-corrected chi connectivity index (χ2v) is 10.1. The molecule has 4 rings (SSSR count). The molecule has 3 heterocycles. The monoisotopic (exact) mass is 598 g/mol. The molecule has 0 radical (unpaired) electrons. The number of halogens is 6. The van der Waals surface area contributed by atoms with Crippen molar-refractivity contribution in [3.63, 3.8) is 0 Å². The number of benzene rings is 1. The van der Waals surface area contributed by atoms with Crippen molar-refractivity contribution in [2.24, 2.45) is 5.41 Å². The highest BCUT2D eigenvalue weighted by Crippen LogP contribution is 2.47. The molecule has 1 aliphatic heterocycles. The Labute approximate surface area is 234 Å². The molecule has 0 saturated carbocycles. The number of alkyl halides is 6. The van der Waals surface area contributed by atoms with E-state index in [-0.39, 0.29) is 12.8 Å². The van der Waals surface area contributed by atoms with Crippen LogP contribution < -0.4 is 5.32 Å². The van der Waals surface area contributed by atoms with E-state index in [9.17, 15) is 41.0 Å². The summed E-state index contributed by atoms with van der Waals surface area (Å²) in [5.74, 6) is -2.99. The number of hydrogen-bond donors (Lipinski definition) is 2. The fourth-order valence-corrected chi connectivity index (χ4v) is 4.32. The number of rotatable bonds is 4. The fraction of sp³-hybridized carbons (Fsp3) is 0.370. The lowest BCUT2D eigenvalue weighted by Gasteiger charge is -2.32. The Morgan fingerprint density at radius 1 is 1.07 bits per heavy atom. The van der Waals surface area contributed by atoms with Crippen LogP contribution in [0.5, 0.6) is 0 Å². The van der Waals surface area contributed by atoms with Crippen molar-refractivity contribution in [3.8, 4) is 11.6 Å². The molecule has 3 aromatic rings. The summed E-state index contributed by atoms with van der Waals surface area (Å²) in [6.45, 7) is 2.19. The van der Waals surface area contributed by atoms with Gasteiger partial charge < -0.3 is 14.3 Å². The largest absolute Gasteiger partial charge is 0.465 e. The number of nitrogens with zero attached hydrogens (tertiary/aromatic N) is 3. The summed E-state index contributed by atoms with van der Waals surface area (Å²) < 4.78 is 97.4. The number of carbonyl (C=O) groups is 2. The van der Waals surface area contributed by atoms with Crippen molar-refractivity contribution in [2.45, 2.75) is 57.7 Å². The van der Waals surface area contributed by atoms with Gasteiger partial charge in [0, 0.05) is 5.41 Å². The Kier molecular flexibility index (Phi) is 8.18. The molecule has 42 heavy (non-hydrogen) atoms. The third-order valence-corrected chi connectivity index (χ3v) is 6.62. The van der Waals surface area contributed by atoms with Crippen LogP contribution in [0.4, 0.5) is 36.8 Å². The Morgan fingerprint density at radius 3 is 2.38 bits per heavy atom. The third-order valence-electron chi connectivity index (χ3n) is 6.62. The number of fused-ring (bicyclic) bond motifs is 5. The number of aromatic nitrogens is 3. The maximum absolute atomic E-state index is 14.8. The Morgan fingerprint density at radius 2 is 1.76 bits per heavy atom.